The number of Topliss-reactive ketones (excluding diaryl/α,β-unsaturated/α-hetero) is 1. The van der Waals surface area contributed by atoms with Crippen LogP contribution in [0.25, 0.3) is 0 Å². The van der Waals surface area contributed by atoms with Gasteiger partial charge in [-0.1, -0.05) is 15.9 Å². The number of nitrogens with zero attached hydrogens (tertiary/aromatic N) is 1. The number of ketones is 1. The van der Waals surface area contributed by atoms with E-state index in [1.165, 1.54) is 4.31 Å². The Morgan fingerprint density at radius 2 is 1.85 bits per heavy atom. The van der Waals surface area contributed by atoms with Crippen molar-refractivity contribution < 1.29 is 13.2 Å². The zero-order valence-corrected chi connectivity index (χ0v) is 15.0. The lowest BCUT2D eigenvalue weighted by Gasteiger charge is -2.30. The van der Waals surface area contributed by atoms with E-state index in [4.69, 9.17) is 0 Å². The minimum absolute atomic E-state index is 0.00704. The molecule has 20 heavy (non-hydrogen) atoms. The molecule has 1 saturated heterocycles. The molecule has 0 bridgehead atoms. The van der Waals surface area contributed by atoms with Gasteiger partial charge in [0.05, 0.1) is 4.90 Å². The second kappa shape index (κ2) is 6.25. The van der Waals surface area contributed by atoms with Gasteiger partial charge in [-0.15, -0.1) is 0 Å². The Morgan fingerprint density at radius 3 is 2.40 bits per heavy atom. The second-order valence-electron chi connectivity index (χ2n) is 4.86. The van der Waals surface area contributed by atoms with E-state index in [-0.39, 0.29) is 16.6 Å². The van der Waals surface area contributed by atoms with E-state index < -0.39 is 10.0 Å². The van der Waals surface area contributed by atoms with Crippen molar-refractivity contribution in [1.82, 2.24) is 4.31 Å². The third-order valence-electron chi connectivity index (χ3n) is 3.54. The van der Waals surface area contributed by atoms with Crippen molar-refractivity contribution in [3.63, 3.8) is 0 Å². The summed E-state index contributed by atoms with van der Waals surface area (Å²) < 4.78 is 28.0. The van der Waals surface area contributed by atoms with Crippen LogP contribution in [0.5, 0.6) is 0 Å². The molecule has 0 aromatic heterocycles. The van der Waals surface area contributed by atoms with Gasteiger partial charge in [-0.2, -0.15) is 4.31 Å². The van der Waals surface area contributed by atoms with Crippen molar-refractivity contribution >= 4 is 47.7 Å². The van der Waals surface area contributed by atoms with Crippen molar-refractivity contribution in [1.29, 1.82) is 0 Å². The minimum Gasteiger partial charge on any atom is -0.300 e. The fourth-order valence-electron chi connectivity index (χ4n) is 2.32. The molecule has 1 aromatic carbocycles. The van der Waals surface area contributed by atoms with Gasteiger partial charge in [0.15, 0.2) is 0 Å². The molecule has 0 N–H and O–H groups in total. The number of piperidine rings is 1. The molecule has 7 heteroatoms. The first-order chi connectivity index (χ1) is 9.32. The molecule has 0 spiro atoms. The van der Waals surface area contributed by atoms with Crippen LogP contribution in [0.2, 0.25) is 0 Å². The van der Waals surface area contributed by atoms with Gasteiger partial charge in [0.25, 0.3) is 0 Å². The minimum atomic E-state index is -3.52. The molecule has 0 radical (unpaired) electrons. The maximum atomic E-state index is 12.6. The Balaban J connectivity index is 2.24. The van der Waals surface area contributed by atoms with Crippen LogP contribution >= 0.6 is 31.9 Å². The Bertz CT molecular complexity index is 623. The van der Waals surface area contributed by atoms with Crippen molar-refractivity contribution in [3.05, 3.63) is 27.1 Å². The molecule has 1 aromatic rings. The molecule has 110 valence electrons. The van der Waals surface area contributed by atoms with E-state index >= 15 is 0 Å². The summed E-state index contributed by atoms with van der Waals surface area (Å²) >= 11 is 6.58. The van der Waals surface area contributed by atoms with E-state index in [0.717, 1.165) is 4.47 Å². The normalized spacial score (nSPS) is 18.1. The molecule has 2 rings (SSSR count). The molecule has 1 aliphatic rings. The lowest BCUT2D eigenvalue weighted by atomic mass is 9.95. The number of rotatable bonds is 3. The molecule has 0 atom stereocenters. The molecule has 1 heterocycles. The summed E-state index contributed by atoms with van der Waals surface area (Å²) in [5.41, 5.74) is 0. The monoisotopic (exact) mass is 423 g/mol. The van der Waals surface area contributed by atoms with Gasteiger partial charge < -0.3 is 0 Å². The first-order valence-corrected chi connectivity index (χ1v) is 9.30. The van der Waals surface area contributed by atoms with Crippen molar-refractivity contribution in [3.8, 4) is 0 Å². The highest BCUT2D eigenvalue weighted by Gasteiger charge is 2.32. The van der Waals surface area contributed by atoms with Gasteiger partial charge in [-0.05, 0) is 53.9 Å². The molecular weight excluding hydrogens is 410 g/mol. The van der Waals surface area contributed by atoms with Crippen molar-refractivity contribution in [2.75, 3.05) is 13.1 Å². The van der Waals surface area contributed by atoms with E-state index in [9.17, 15) is 13.2 Å². The Kier molecular flexibility index (Phi) is 5.05. The van der Waals surface area contributed by atoms with Crippen LogP contribution in [0, 0.1) is 5.92 Å². The molecule has 0 unspecified atom stereocenters. The number of carbonyl (C=O) groups is 1. The zero-order chi connectivity index (χ0) is 14.9. The van der Waals surface area contributed by atoms with Crippen LogP contribution in [0.4, 0.5) is 0 Å². The topological polar surface area (TPSA) is 54.5 Å². The number of carbonyl (C=O) groups excluding carboxylic acids is 1. The Hall–Kier alpha value is -0.240. The predicted octanol–water partition coefficient (Wildman–Crippen LogP) is 3.20. The average molecular weight is 425 g/mol. The van der Waals surface area contributed by atoms with Gasteiger partial charge in [-0.25, -0.2) is 8.42 Å². The van der Waals surface area contributed by atoms with Crippen molar-refractivity contribution in [2.24, 2.45) is 5.92 Å². The van der Waals surface area contributed by atoms with E-state index in [1.807, 2.05) is 0 Å². The average Bonchev–Trinajstić information content (AvgIpc) is 2.41. The summed E-state index contributed by atoms with van der Waals surface area (Å²) in [6.45, 7) is 2.36. The van der Waals surface area contributed by atoms with Crippen LogP contribution in [-0.4, -0.2) is 31.6 Å². The summed E-state index contributed by atoms with van der Waals surface area (Å²) in [5, 5.41) is 0. The molecule has 0 aliphatic carbocycles. The van der Waals surface area contributed by atoms with Crippen LogP contribution in [-0.2, 0) is 14.8 Å². The second-order valence-corrected chi connectivity index (χ2v) is 8.54. The largest absolute Gasteiger partial charge is 0.300 e. The Morgan fingerprint density at radius 1 is 1.25 bits per heavy atom. The summed E-state index contributed by atoms with van der Waals surface area (Å²) in [4.78, 5) is 11.6. The number of hydrogen-bond donors (Lipinski definition) is 0. The molecular formula is C13H15Br2NO3S. The lowest BCUT2D eigenvalue weighted by Crippen LogP contribution is -2.40. The third-order valence-corrected chi connectivity index (χ3v) is 6.93. The lowest BCUT2D eigenvalue weighted by molar-refractivity contribution is -0.121. The highest BCUT2D eigenvalue weighted by atomic mass is 79.9. The highest BCUT2D eigenvalue weighted by molar-refractivity contribution is 9.11. The summed E-state index contributed by atoms with van der Waals surface area (Å²) in [6.07, 6.45) is 1.19. The number of sulfonamides is 1. The maximum Gasteiger partial charge on any atom is 0.244 e. The van der Waals surface area contributed by atoms with Crippen molar-refractivity contribution in [2.45, 2.75) is 24.7 Å². The van der Waals surface area contributed by atoms with Crippen LogP contribution in [0.1, 0.15) is 19.8 Å². The Labute approximate surface area is 135 Å². The predicted molar refractivity (Wildman–Crippen MR) is 84.0 cm³/mol. The molecule has 1 fully saturated rings. The van der Waals surface area contributed by atoms with E-state index in [1.54, 1.807) is 25.1 Å². The molecule has 1 aliphatic heterocycles. The van der Waals surface area contributed by atoms with Gasteiger partial charge >= 0.3 is 0 Å². The van der Waals surface area contributed by atoms with E-state index in [0.29, 0.717) is 30.4 Å². The number of hydrogen-bond acceptors (Lipinski definition) is 3. The highest BCUT2D eigenvalue weighted by Crippen LogP contribution is 2.30. The van der Waals surface area contributed by atoms with Crippen LogP contribution in [0.3, 0.4) is 0 Å². The number of benzene rings is 1. The smallest absolute Gasteiger partial charge is 0.244 e. The van der Waals surface area contributed by atoms with Gasteiger partial charge in [0.2, 0.25) is 10.0 Å². The molecule has 0 saturated carbocycles. The van der Waals surface area contributed by atoms with Crippen LogP contribution < -0.4 is 0 Å². The summed E-state index contributed by atoms with van der Waals surface area (Å²) in [7, 11) is -3.52. The third kappa shape index (κ3) is 3.32. The fraction of sp³-hybridized carbons (Fsp3) is 0.462. The molecule has 4 nitrogen and oxygen atoms in total. The SMILES string of the molecule is CC(=O)C1CCN(S(=O)(=O)c2cc(Br)ccc2Br)CC1. The number of halogens is 2. The van der Waals surface area contributed by atoms with Gasteiger partial charge in [0.1, 0.15) is 5.78 Å². The fourth-order valence-corrected chi connectivity index (χ4v) is 5.25. The molecule has 0 amide bonds. The van der Waals surface area contributed by atoms with Gasteiger partial charge in [-0.3, -0.25) is 4.79 Å². The van der Waals surface area contributed by atoms with Gasteiger partial charge in [0, 0.05) is 28.0 Å². The summed E-state index contributed by atoms with van der Waals surface area (Å²) in [6, 6.07) is 5.08. The standard InChI is InChI=1S/C13H15Br2NO3S/c1-9(17)10-4-6-16(7-5-10)20(18,19)13-8-11(14)2-3-12(13)15/h2-3,8,10H,4-7H2,1H3. The first kappa shape index (κ1) is 16.1. The quantitative estimate of drug-likeness (QED) is 0.748. The summed E-state index contributed by atoms with van der Waals surface area (Å²) in [5.74, 6) is 0.137. The maximum absolute atomic E-state index is 12.6. The van der Waals surface area contributed by atoms with E-state index in [2.05, 4.69) is 31.9 Å². The zero-order valence-electron chi connectivity index (χ0n) is 11.0. The van der Waals surface area contributed by atoms with Crippen LogP contribution in [0.15, 0.2) is 32.0 Å². The first-order valence-electron chi connectivity index (χ1n) is 6.28.